The van der Waals surface area contributed by atoms with Gasteiger partial charge in [-0.2, -0.15) is 0 Å². The lowest BCUT2D eigenvalue weighted by Gasteiger charge is -2.20. The standard InChI is InChI=1S/C22H20N2O2/c1-14-5-10-17(11-6-14)24-21(19-4-3-13-26-19)18-12-9-16-8-7-15(2)23-20(16)22(18)25/h3-13,21,24-25H,1-2H3. The van der Waals surface area contributed by atoms with Gasteiger partial charge in [-0.05, 0) is 44.2 Å². The Kier molecular flexibility index (Phi) is 4.09. The van der Waals surface area contributed by atoms with Gasteiger partial charge in [-0.1, -0.05) is 35.9 Å². The third kappa shape index (κ3) is 3.02. The molecule has 2 N–H and O–H groups in total. The molecule has 130 valence electrons. The molecule has 0 saturated carbocycles. The summed E-state index contributed by atoms with van der Waals surface area (Å²) in [5.74, 6) is 0.903. The largest absolute Gasteiger partial charge is 0.505 e. The van der Waals surface area contributed by atoms with Crippen LogP contribution in [0.25, 0.3) is 10.9 Å². The second-order valence-electron chi connectivity index (χ2n) is 6.49. The van der Waals surface area contributed by atoms with Gasteiger partial charge < -0.3 is 14.8 Å². The van der Waals surface area contributed by atoms with E-state index in [0.717, 1.165) is 28.1 Å². The van der Waals surface area contributed by atoms with E-state index >= 15 is 0 Å². The van der Waals surface area contributed by atoms with Crippen molar-refractivity contribution in [1.82, 2.24) is 4.98 Å². The molecule has 0 aliphatic carbocycles. The number of hydrogen-bond acceptors (Lipinski definition) is 4. The maximum atomic E-state index is 10.9. The number of benzene rings is 2. The van der Waals surface area contributed by atoms with E-state index in [9.17, 15) is 5.11 Å². The van der Waals surface area contributed by atoms with E-state index in [0.29, 0.717) is 5.52 Å². The molecule has 0 bridgehead atoms. The zero-order chi connectivity index (χ0) is 18.1. The first-order valence-corrected chi connectivity index (χ1v) is 8.57. The van der Waals surface area contributed by atoms with Gasteiger partial charge in [-0.15, -0.1) is 0 Å². The van der Waals surface area contributed by atoms with E-state index in [1.54, 1.807) is 6.26 Å². The Balaban J connectivity index is 1.82. The van der Waals surface area contributed by atoms with E-state index < -0.39 is 0 Å². The van der Waals surface area contributed by atoms with Crippen LogP contribution in [0.5, 0.6) is 5.75 Å². The zero-order valence-electron chi connectivity index (χ0n) is 14.7. The lowest BCUT2D eigenvalue weighted by molar-refractivity contribution is 0.458. The van der Waals surface area contributed by atoms with Gasteiger partial charge in [-0.25, -0.2) is 4.98 Å². The molecule has 0 aliphatic heterocycles. The molecule has 2 aromatic carbocycles. The highest BCUT2D eigenvalue weighted by Gasteiger charge is 2.22. The number of fused-ring (bicyclic) bond motifs is 1. The predicted octanol–water partition coefficient (Wildman–Crippen LogP) is 5.35. The van der Waals surface area contributed by atoms with Gasteiger partial charge in [-0.3, -0.25) is 0 Å². The lowest BCUT2D eigenvalue weighted by atomic mass is 10.00. The molecule has 0 spiro atoms. The molecule has 4 rings (SSSR count). The summed E-state index contributed by atoms with van der Waals surface area (Å²) in [5, 5.41) is 15.3. The molecule has 0 fully saturated rings. The number of aromatic hydroxyl groups is 1. The van der Waals surface area contributed by atoms with Crippen LogP contribution in [0.3, 0.4) is 0 Å². The van der Waals surface area contributed by atoms with Gasteiger partial charge in [0.1, 0.15) is 23.1 Å². The maximum Gasteiger partial charge on any atom is 0.147 e. The van der Waals surface area contributed by atoms with Gasteiger partial charge in [0, 0.05) is 22.3 Å². The summed E-state index contributed by atoms with van der Waals surface area (Å²) in [6.07, 6.45) is 1.64. The third-order valence-electron chi connectivity index (χ3n) is 4.51. The van der Waals surface area contributed by atoms with E-state index in [1.807, 2.05) is 67.6 Å². The third-order valence-corrected chi connectivity index (χ3v) is 4.51. The summed E-state index contributed by atoms with van der Waals surface area (Å²) in [7, 11) is 0. The molecule has 2 aromatic heterocycles. The highest BCUT2D eigenvalue weighted by Crippen LogP contribution is 2.36. The Morgan fingerprint density at radius 1 is 0.962 bits per heavy atom. The molecular weight excluding hydrogens is 324 g/mol. The molecule has 0 amide bonds. The van der Waals surface area contributed by atoms with Crippen molar-refractivity contribution in [3.8, 4) is 5.75 Å². The van der Waals surface area contributed by atoms with Gasteiger partial charge in [0.05, 0.1) is 6.26 Å². The Morgan fingerprint density at radius 3 is 2.46 bits per heavy atom. The first-order chi connectivity index (χ1) is 12.6. The molecule has 1 atom stereocenters. The lowest BCUT2D eigenvalue weighted by Crippen LogP contribution is -2.12. The molecule has 4 aromatic rings. The molecule has 0 radical (unpaired) electrons. The average Bonchev–Trinajstić information content (AvgIpc) is 3.17. The maximum absolute atomic E-state index is 10.9. The van der Waals surface area contributed by atoms with E-state index in [-0.39, 0.29) is 11.8 Å². The first-order valence-electron chi connectivity index (χ1n) is 8.57. The van der Waals surface area contributed by atoms with Crippen molar-refractivity contribution in [2.75, 3.05) is 5.32 Å². The van der Waals surface area contributed by atoms with Crippen LogP contribution >= 0.6 is 0 Å². The monoisotopic (exact) mass is 344 g/mol. The van der Waals surface area contributed by atoms with Crippen LogP contribution in [0, 0.1) is 13.8 Å². The molecule has 26 heavy (non-hydrogen) atoms. The highest BCUT2D eigenvalue weighted by molar-refractivity contribution is 5.86. The second-order valence-corrected chi connectivity index (χ2v) is 6.49. The van der Waals surface area contributed by atoms with Gasteiger partial charge in [0.25, 0.3) is 0 Å². The number of nitrogens with zero attached hydrogens (tertiary/aromatic N) is 1. The van der Waals surface area contributed by atoms with Crippen molar-refractivity contribution in [1.29, 1.82) is 0 Å². The van der Waals surface area contributed by atoms with Crippen molar-refractivity contribution >= 4 is 16.6 Å². The van der Waals surface area contributed by atoms with Crippen molar-refractivity contribution in [3.63, 3.8) is 0 Å². The minimum absolute atomic E-state index is 0.173. The summed E-state index contributed by atoms with van der Waals surface area (Å²) in [4.78, 5) is 4.51. The van der Waals surface area contributed by atoms with Crippen LogP contribution in [0.1, 0.15) is 28.6 Å². The van der Waals surface area contributed by atoms with Gasteiger partial charge in [0.2, 0.25) is 0 Å². The Morgan fingerprint density at radius 2 is 1.73 bits per heavy atom. The number of phenols is 1. The molecule has 4 nitrogen and oxygen atoms in total. The number of pyridine rings is 1. The number of phenolic OH excluding ortho intramolecular Hbond substituents is 1. The van der Waals surface area contributed by atoms with Crippen LogP contribution in [0.15, 0.2) is 71.3 Å². The number of anilines is 1. The molecule has 2 heterocycles. The topological polar surface area (TPSA) is 58.3 Å². The van der Waals surface area contributed by atoms with Crippen molar-refractivity contribution in [3.05, 3.63) is 89.5 Å². The number of aromatic nitrogens is 1. The minimum atomic E-state index is -0.320. The van der Waals surface area contributed by atoms with Crippen molar-refractivity contribution in [2.45, 2.75) is 19.9 Å². The van der Waals surface area contributed by atoms with Crippen LogP contribution < -0.4 is 5.32 Å². The molecule has 1 unspecified atom stereocenters. The zero-order valence-corrected chi connectivity index (χ0v) is 14.7. The number of hydrogen-bond donors (Lipinski definition) is 2. The number of furan rings is 1. The molecule has 4 heteroatoms. The van der Waals surface area contributed by atoms with E-state index in [4.69, 9.17) is 4.42 Å². The Labute approximate surface area is 152 Å². The highest BCUT2D eigenvalue weighted by atomic mass is 16.3. The van der Waals surface area contributed by atoms with Gasteiger partial charge in [0.15, 0.2) is 0 Å². The summed E-state index contributed by atoms with van der Waals surface area (Å²) in [6.45, 7) is 3.97. The number of rotatable bonds is 4. The second kappa shape index (κ2) is 6.56. The smallest absolute Gasteiger partial charge is 0.147 e. The fourth-order valence-electron chi connectivity index (χ4n) is 3.09. The SMILES string of the molecule is Cc1ccc(NC(c2ccco2)c2ccc3ccc(C)nc3c2O)cc1. The van der Waals surface area contributed by atoms with Crippen LogP contribution in [0.2, 0.25) is 0 Å². The summed E-state index contributed by atoms with van der Waals surface area (Å²) in [6, 6.07) is 19.4. The molecule has 0 aliphatic rings. The van der Waals surface area contributed by atoms with E-state index in [1.165, 1.54) is 5.56 Å². The van der Waals surface area contributed by atoms with E-state index in [2.05, 4.69) is 17.2 Å². The Hall–Kier alpha value is -3.27. The minimum Gasteiger partial charge on any atom is -0.505 e. The normalized spacial score (nSPS) is 12.2. The summed E-state index contributed by atoms with van der Waals surface area (Å²) < 4.78 is 5.64. The number of aryl methyl sites for hydroxylation is 2. The van der Waals surface area contributed by atoms with Crippen molar-refractivity contribution < 1.29 is 9.52 Å². The van der Waals surface area contributed by atoms with Crippen LogP contribution in [0.4, 0.5) is 5.69 Å². The predicted molar refractivity (Wildman–Crippen MR) is 103 cm³/mol. The van der Waals surface area contributed by atoms with Gasteiger partial charge >= 0.3 is 0 Å². The fourth-order valence-corrected chi connectivity index (χ4v) is 3.09. The fraction of sp³-hybridized carbons (Fsp3) is 0.136. The summed E-state index contributed by atoms with van der Waals surface area (Å²) >= 11 is 0. The summed E-state index contributed by atoms with van der Waals surface area (Å²) in [5.41, 5.74) is 4.34. The van der Waals surface area contributed by atoms with Crippen LogP contribution in [-0.2, 0) is 0 Å². The number of nitrogens with one attached hydrogen (secondary N) is 1. The molecular formula is C22H20N2O2. The molecule has 0 saturated heterocycles. The van der Waals surface area contributed by atoms with Crippen LogP contribution in [-0.4, -0.2) is 10.1 Å². The average molecular weight is 344 g/mol. The Bertz CT molecular complexity index is 1040. The van der Waals surface area contributed by atoms with Crippen molar-refractivity contribution in [2.24, 2.45) is 0 Å². The quantitative estimate of drug-likeness (QED) is 0.524. The first kappa shape index (κ1) is 16.2.